The maximum absolute atomic E-state index is 12.7. The molecule has 15 heavy (non-hydrogen) atoms. The Morgan fingerprint density at radius 1 is 1.33 bits per heavy atom. The molecular weight excluding hydrogens is 220 g/mol. The van der Waals surface area contributed by atoms with Gasteiger partial charge in [-0.05, 0) is 13.8 Å². The normalized spacial score (nSPS) is 13.3. The van der Waals surface area contributed by atoms with Gasteiger partial charge in [-0.1, -0.05) is 0 Å². The van der Waals surface area contributed by atoms with Gasteiger partial charge in [0.2, 0.25) is 0 Å². The van der Waals surface area contributed by atoms with Crippen molar-refractivity contribution >= 4 is 5.97 Å². The topological polar surface area (TPSA) is 46.5 Å². The van der Waals surface area contributed by atoms with E-state index >= 15 is 0 Å². The molecule has 0 saturated carbocycles. The number of aliphatic carboxylic acids is 1. The monoisotopic (exact) mass is 232 g/mol. The summed E-state index contributed by atoms with van der Waals surface area (Å²) in [5, 5.41) is 8.06. The van der Waals surface area contributed by atoms with E-state index in [1.165, 1.54) is 13.8 Å². The summed E-state index contributed by atoms with van der Waals surface area (Å²) < 4.78 is 54.8. The van der Waals surface area contributed by atoms with Crippen LogP contribution in [0.4, 0.5) is 17.6 Å². The summed E-state index contributed by atoms with van der Waals surface area (Å²) in [6.07, 6.45) is -8.50. The Kier molecular flexibility index (Phi) is 4.51. The van der Waals surface area contributed by atoms with E-state index in [2.05, 4.69) is 4.74 Å². The number of rotatable bonds is 6. The first-order chi connectivity index (χ1) is 6.54. The molecule has 0 fully saturated rings. The number of carboxylic acid groups (broad SMARTS) is 1. The Balaban J connectivity index is 4.35. The molecule has 0 atom stereocenters. The fraction of sp³-hybridized carbons (Fsp3) is 0.875. The molecule has 0 bridgehead atoms. The molecule has 1 N–H and O–H groups in total. The minimum Gasteiger partial charge on any atom is -0.481 e. The molecule has 0 saturated heterocycles. The van der Waals surface area contributed by atoms with Crippen LogP contribution in [0.15, 0.2) is 0 Å². The molecule has 0 unspecified atom stereocenters. The minimum absolute atomic E-state index is 0.916. The third-order valence-electron chi connectivity index (χ3n) is 1.28. The van der Waals surface area contributed by atoms with E-state index in [0.29, 0.717) is 0 Å². The second-order valence-electron chi connectivity index (χ2n) is 3.41. The maximum Gasteiger partial charge on any atom is 0.361 e. The predicted molar refractivity (Wildman–Crippen MR) is 43.0 cm³/mol. The van der Waals surface area contributed by atoms with E-state index in [0.717, 1.165) is 0 Å². The van der Waals surface area contributed by atoms with Gasteiger partial charge in [-0.25, -0.2) is 8.78 Å². The van der Waals surface area contributed by atoms with Gasteiger partial charge < -0.3 is 9.84 Å². The van der Waals surface area contributed by atoms with Gasteiger partial charge in [0.05, 0.1) is 6.10 Å². The van der Waals surface area contributed by atoms with Crippen LogP contribution in [0.2, 0.25) is 0 Å². The number of ether oxygens (including phenoxy) is 1. The second-order valence-corrected chi connectivity index (χ2v) is 3.41. The van der Waals surface area contributed by atoms with Crippen molar-refractivity contribution in [2.75, 3.05) is 0 Å². The van der Waals surface area contributed by atoms with Gasteiger partial charge in [0.1, 0.15) is 12.8 Å². The number of hydrogen-bond donors (Lipinski definition) is 1. The highest BCUT2D eigenvalue weighted by molar-refractivity contribution is 5.67. The van der Waals surface area contributed by atoms with Crippen LogP contribution in [0.1, 0.15) is 26.7 Å². The average molecular weight is 232 g/mol. The quantitative estimate of drug-likeness (QED) is 0.715. The minimum atomic E-state index is -4.02. The smallest absolute Gasteiger partial charge is 0.361 e. The van der Waals surface area contributed by atoms with Crippen LogP contribution in [-0.2, 0) is 9.53 Å². The molecule has 0 aromatic heterocycles. The van der Waals surface area contributed by atoms with E-state index in [4.69, 9.17) is 5.11 Å². The van der Waals surface area contributed by atoms with Gasteiger partial charge in [-0.15, -0.1) is 0 Å². The van der Waals surface area contributed by atoms with Crippen LogP contribution < -0.4 is 0 Å². The zero-order valence-corrected chi connectivity index (χ0v) is 8.27. The molecule has 0 aromatic rings. The van der Waals surface area contributed by atoms with Crippen molar-refractivity contribution in [3.63, 3.8) is 0 Å². The SMILES string of the molecule is CC(C)OC(F)(F)CC(F)(F)CC(=O)O. The number of alkyl halides is 4. The summed E-state index contributed by atoms with van der Waals surface area (Å²) in [7, 11) is 0. The zero-order valence-electron chi connectivity index (χ0n) is 8.27. The summed E-state index contributed by atoms with van der Waals surface area (Å²) in [6, 6.07) is 0. The standard InChI is InChI=1S/C8H12F4O3/c1-5(2)15-8(11,12)4-7(9,10)3-6(13)14/h5H,3-4H2,1-2H3,(H,13,14). The van der Waals surface area contributed by atoms with E-state index < -0.39 is 36.9 Å². The van der Waals surface area contributed by atoms with Gasteiger partial charge in [0.25, 0.3) is 5.92 Å². The molecule has 0 aromatic carbocycles. The van der Waals surface area contributed by atoms with Crippen molar-refractivity contribution in [2.24, 2.45) is 0 Å². The molecule has 3 nitrogen and oxygen atoms in total. The molecule has 0 aliphatic heterocycles. The molecular formula is C8H12F4O3. The van der Waals surface area contributed by atoms with E-state index in [-0.39, 0.29) is 0 Å². The third-order valence-corrected chi connectivity index (χ3v) is 1.28. The Morgan fingerprint density at radius 3 is 2.13 bits per heavy atom. The Morgan fingerprint density at radius 2 is 1.80 bits per heavy atom. The first-order valence-corrected chi connectivity index (χ1v) is 4.19. The summed E-state index contributed by atoms with van der Waals surface area (Å²) in [5.74, 6) is -5.81. The lowest BCUT2D eigenvalue weighted by Gasteiger charge is -2.23. The van der Waals surface area contributed by atoms with Crippen LogP contribution in [0.5, 0.6) is 0 Å². The largest absolute Gasteiger partial charge is 0.481 e. The number of hydrogen-bond acceptors (Lipinski definition) is 2. The van der Waals surface area contributed by atoms with Crippen LogP contribution >= 0.6 is 0 Å². The Labute approximate surface area is 84.0 Å². The first kappa shape index (κ1) is 14.2. The van der Waals surface area contributed by atoms with Crippen molar-refractivity contribution < 1.29 is 32.2 Å². The highest BCUT2D eigenvalue weighted by Crippen LogP contribution is 2.34. The van der Waals surface area contributed by atoms with E-state index in [9.17, 15) is 22.4 Å². The van der Waals surface area contributed by atoms with E-state index in [1.807, 2.05) is 0 Å². The molecule has 0 spiro atoms. The number of carboxylic acids is 1. The highest BCUT2D eigenvalue weighted by Gasteiger charge is 2.46. The highest BCUT2D eigenvalue weighted by atomic mass is 19.3. The predicted octanol–water partition coefficient (Wildman–Crippen LogP) is 2.50. The second kappa shape index (κ2) is 4.78. The fourth-order valence-electron chi connectivity index (χ4n) is 0.971. The van der Waals surface area contributed by atoms with Crippen molar-refractivity contribution in [3.8, 4) is 0 Å². The summed E-state index contributed by atoms with van der Waals surface area (Å²) >= 11 is 0. The first-order valence-electron chi connectivity index (χ1n) is 4.19. The van der Waals surface area contributed by atoms with Crippen LogP contribution in [0.3, 0.4) is 0 Å². The fourth-order valence-corrected chi connectivity index (χ4v) is 0.971. The summed E-state index contributed by atoms with van der Waals surface area (Å²) in [4.78, 5) is 9.96. The van der Waals surface area contributed by atoms with Crippen LogP contribution in [0.25, 0.3) is 0 Å². The van der Waals surface area contributed by atoms with Gasteiger partial charge in [-0.3, -0.25) is 4.79 Å². The van der Waals surface area contributed by atoms with Crippen molar-refractivity contribution in [1.29, 1.82) is 0 Å². The lowest BCUT2D eigenvalue weighted by molar-refractivity contribution is -0.284. The van der Waals surface area contributed by atoms with Crippen LogP contribution in [-0.4, -0.2) is 29.2 Å². The van der Waals surface area contributed by atoms with Gasteiger partial charge in [-0.2, -0.15) is 8.78 Å². The van der Waals surface area contributed by atoms with E-state index in [1.54, 1.807) is 0 Å². The molecule has 90 valence electrons. The molecule has 0 aliphatic carbocycles. The van der Waals surface area contributed by atoms with Gasteiger partial charge >= 0.3 is 12.1 Å². The maximum atomic E-state index is 12.7. The zero-order chi connectivity index (χ0) is 12.3. The van der Waals surface area contributed by atoms with Crippen molar-refractivity contribution in [3.05, 3.63) is 0 Å². The Bertz CT molecular complexity index is 228. The van der Waals surface area contributed by atoms with Crippen molar-refractivity contribution in [1.82, 2.24) is 0 Å². The summed E-state index contributed by atoms with van der Waals surface area (Å²) in [6.45, 7) is 2.53. The third kappa shape index (κ3) is 7.12. The molecule has 0 rings (SSSR count). The molecule has 0 aliphatic rings. The summed E-state index contributed by atoms with van der Waals surface area (Å²) in [5.41, 5.74) is 0. The Hall–Kier alpha value is -0.850. The van der Waals surface area contributed by atoms with Gasteiger partial charge in [0, 0.05) is 0 Å². The molecule has 0 amide bonds. The molecule has 0 radical (unpaired) electrons. The molecule has 0 heterocycles. The lowest BCUT2D eigenvalue weighted by Crippen LogP contribution is -2.34. The van der Waals surface area contributed by atoms with Crippen molar-refractivity contribution in [2.45, 2.75) is 44.8 Å². The number of carbonyl (C=O) groups is 1. The van der Waals surface area contributed by atoms with Crippen LogP contribution in [0, 0.1) is 0 Å². The van der Waals surface area contributed by atoms with Gasteiger partial charge in [0.15, 0.2) is 0 Å². The molecule has 7 heteroatoms. The average Bonchev–Trinajstić information content (AvgIpc) is 1.73. The number of halogens is 4. The lowest BCUT2D eigenvalue weighted by atomic mass is 10.1.